The minimum absolute atomic E-state index is 0.00286. The van der Waals surface area contributed by atoms with E-state index < -0.39 is 20.0 Å². The second kappa shape index (κ2) is 41.1. The Morgan fingerprint density at radius 2 is 1.00 bits per heavy atom. The molecule has 342 valence electrons. The summed E-state index contributed by atoms with van der Waals surface area (Å²) in [6, 6.07) is -0.889. The molecule has 3 unspecified atom stereocenters. The molecule has 2 N–H and O–H groups in total. The summed E-state index contributed by atoms with van der Waals surface area (Å²) in [6.45, 7) is 4.64. The first-order chi connectivity index (χ1) is 28.0. The van der Waals surface area contributed by atoms with E-state index in [4.69, 9.17) is 9.05 Å². The average Bonchev–Trinajstić information content (AvgIpc) is 3.17. The second-order valence-corrected chi connectivity index (χ2v) is 19.2. The van der Waals surface area contributed by atoms with Gasteiger partial charge in [-0.2, -0.15) is 0 Å². The number of allylic oxidation sites excluding steroid dienone is 5. The van der Waals surface area contributed by atoms with E-state index >= 15 is 0 Å². The summed E-state index contributed by atoms with van der Waals surface area (Å²) in [5, 5.41) is 13.8. The van der Waals surface area contributed by atoms with E-state index in [9.17, 15) is 19.4 Å². The van der Waals surface area contributed by atoms with Crippen molar-refractivity contribution < 1.29 is 32.9 Å². The Bertz CT molecular complexity index is 1040. The highest BCUT2D eigenvalue weighted by Crippen LogP contribution is 2.38. The summed E-state index contributed by atoms with van der Waals surface area (Å²) < 4.78 is 23.2. The number of unbranched alkanes of at least 4 members (excludes halogenated alkanes) is 27. The van der Waals surface area contributed by atoms with Crippen LogP contribution in [0.15, 0.2) is 36.5 Å². The van der Waals surface area contributed by atoms with Crippen LogP contribution in [0.1, 0.15) is 219 Å². The Balaban J connectivity index is 4.30. The van der Waals surface area contributed by atoms with Crippen LogP contribution in [-0.2, 0) is 18.4 Å². The lowest BCUT2D eigenvalue weighted by atomic mass is 10.0. The zero-order valence-corrected chi connectivity index (χ0v) is 39.6. The van der Waals surface area contributed by atoms with Gasteiger partial charge in [0.25, 0.3) is 7.82 Å². The molecule has 0 fully saturated rings. The normalized spacial score (nSPS) is 14.5. The van der Waals surface area contributed by atoms with Gasteiger partial charge in [0, 0.05) is 6.42 Å². The lowest BCUT2D eigenvalue weighted by Gasteiger charge is -2.29. The number of hydrogen-bond donors (Lipinski definition) is 2. The SMILES string of the molecule is CCCCCCCCCCC/C=C\C/C=C\CCCCCCCCCC(=O)NC(COP(=O)([O-])OCC[N+](C)(C)C)C(O)/C=C/CCCCCCCCCCCCC. The maximum atomic E-state index is 12.9. The average molecular weight is 839 g/mol. The van der Waals surface area contributed by atoms with E-state index in [0.717, 1.165) is 51.4 Å². The summed E-state index contributed by atoms with van der Waals surface area (Å²) in [5.74, 6) is -0.205. The van der Waals surface area contributed by atoms with Gasteiger partial charge in [-0.3, -0.25) is 9.36 Å². The lowest BCUT2D eigenvalue weighted by molar-refractivity contribution is -0.870. The molecule has 0 saturated heterocycles. The molecule has 58 heavy (non-hydrogen) atoms. The van der Waals surface area contributed by atoms with Crippen molar-refractivity contribution >= 4 is 13.7 Å². The van der Waals surface area contributed by atoms with Gasteiger partial charge in [-0.15, -0.1) is 0 Å². The fourth-order valence-electron chi connectivity index (χ4n) is 6.95. The number of aliphatic hydroxyl groups is 1. The third-order valence-electron chi connectivity index (χ3n) is 10.8. The van der Waals surface area contributed by atoms with Crippen LogP contribution in [-0.4, -0.2) is 68.5 Å². The Kier molecular flexibility index (Phi) is 40.2. The molecular formula is C49H95N2O6P. The maximum Gasteiger partial charge on any atom is 0.268 e. The standard InChI is InChI=1S/C49H95N2O6P/c1-6-8-10-12-14-16-18-20-21-22-23-24-25-26-27-28-29-31-33-35-37-39-41-43-49(53)50-47(46-57-58(54,55)56-45-44-51(3,4)5)48(52)42-40-38-36-34-32-30-19-17-15-13-11-9-7-2/h23-24,26-27,40,42,47-48,52H,6-22,25,28-39,41,43-46H2,1-5H3,(H-,50,53,54,55)/b24-23-,27-26-,42-40+. The van der Waals surface area contributed by atoms with E-state index in [1.807, 2.05) is 27.2 Å². The summed E-state index contributed by atoms with van der Waals surface area (Å²) in [6.07, 6.45) is 50.5. The number of aliphatic hydroxyl groups excluding tert-OH is 1. The summed E-state index contributed by atoms with van der Waals surface area (Å²) in [5.41, 5.74) is 0. The van der Waals surface area contributed by atoms with Gasteiger partial charge in [0.15, 0.2) is 0 Å². The zero-order chi connectivity index (χ0) is 42.8. The molecule has 0 aromatic carbocycles. The van der Waals surface area contributed by atoms with Crippen LogP contribution in [0.4, 0.5) is 0 Å². The topological polar surface area (TPSA) is 108 Å². The lowest BCUT2D eigenvalue weighted by Crippen LogP contribution is -2.45. The Labute approximate surface area is 359 Å². The van der Waals surface area contributed by atoms with Gasteiger partial charge in [-0.25, -0.2) is 0 Å². The maximum absolute atomic E-state index is 12.9. The Morgan fingerprint density at radius 3 is 1.43 bits per heavy atom. The number of quaternary nitrogens is 1. The largest absolute Gasteiger partial charge is 0.756 e. The highest BCUT2D eigenvalue weighted by molar-refractivity contribution is 7.45. The van der Waals surface area contributed by atoms with Crippen molar-refractivity contribution in [3.63, 3.8) is 0 Å². The van der Waals surface area contributed by atoms with Crippen molar-refractivity contribution in [1.29, 1.82) is 0 Å². The number of rotatable bonds is 44. The van der Waals surface area contributed by atoms with Crippen LogP contribution < -0.4 is 10.2 Å². The number of carbonyl (C=O) groups is 1. The van der Waals surface area contributed by atoms with Crippen molar-refractivity contribution in [2.75, 3.05) is 40.9 Å². The highest BCUT2D eigenvalue weighted by atomic mass is 31.2. The summed E-state index contributed by atoms with van der Waals surface area (Å²) >= 11 is 0. The molecule has 0 aliphatic heterocycles. The van der Waals surface area contributed by atoms with E-state index in [1.165, 1.54) is 148 Å². The summed E-state index contributed by atoms with van der Waals surface area (Å²) in [7, 11) is 1.25. The molecule has 0 spiro atoms. The molecule has 1 amide bonds. The molecule has 3 atom stereocenters. The third-order valence-corrected chi connectivity index (χ3v) is 11.8. The van der Waals surface area contributed by atoms with Gasteiger partial charge in [0.05, 0.1) is 39.9 Å². The van der Waals surface area contributed by atoms with Crippen LogP contribution in [0, 0.1) is 0 Å². The fourth-order valence-corrected chi connectivity index (χ4v) is 7.67. The third kappa shape index (κ3) is 42.8. The van der Waals surface area contributed by atoms with Crippen LogP contribution >= 0.6 is 7.82 Å². The molecule has 0 radical (unpaired) electrons. The van der Waals surface area contributed by atoms with Crippen LogP contribution in [0.2, 0.25) is 0 Å². The smallest absolute Gasteiger partial charge is 0.268 e. The van der Waals surface area contributed by atoms with Crippen LogP contribution in [0.5, 0.6) is 0 Å². The summed E-state index contributed by atoms with van der Waals surface area (Å²) in [4.78, 5) is 25.3. The predicted octanol–water partition coefficient (Wildman–Crippen LogP) is 13.2. The molecule has 8 nitrogen and oxygen atoms in total. The minimum Gasteiger partial charge on any atom is -0.756 e. The first kappa shape index (κ1) is 56.7. The first-order valence-electron chi connectivity index (χ1n) is 24.4. The Morgan fingerprint density at radius 1 is 0.603 bits per heavy atom. The molecule has 0 aromatic rings. The first-order valence-corrected chi connectivity index (χ1v) is 25.8. The number of hydrogen-bond acceptors (Lipinski definition) is 6. The molecule has 0 aromatic heterocycles. The number of carbonyl (C=O) groups excluding carboxylic acids is 1. The van der Waals surface area contributed by atoms with Crippen LogP contribution in [0.25, 0.3) is 0 Å². The van der Waals surface area contributed by atoms with Crippen molar-refractivity contribution in [1.82, 2.24) is 5.32 Å². The molecule has 0 rings (SSSR count). The van der Waals surface area contributed by atoms with Crippen molar-refractivity contribution in [2.45, 2.75) is 231 Å². The molecule has 0 aliphatic carbocycles. The molecule has 0 saturated carbocycles. The van der Waals surface area contributed by atoms with Crippen LogP contribution in [0.3, 0.4) is 0 Å². The van der Waals surface area contributed by atoms with Gasteiger partial charge >= 0.3 is 0 Å². The van der Waals surface area contributed by atoms with Gasteiger partial charge in [0.2, 0.25) is 5.91 Å². The van der Waals surface area contributed by atoms with Gasteiger partial charge in [-0.05, 0) is 51.4 Å². The zero-order valence-electron chi connectivity index (χ0n) is 38.8. The van der Waals surface area contributed by atoms with Crippen molar-refractivity contribution in [2.24, 2.45) is 0 Å². The number of amides is 1. The van der Waals surface area contributed by atoms with E-state index in [1.54, 1.807) is 6.08 Å². The number of likely N-dealkylation sites (N-methyl/N-ethyl adjacent to an activating group) is 1. The van der Waals surface area contributed by atoms with Crippen molar-refractivity contribution in [3.05, 3.63) is 36.5 Å². The number of phosphoric acid groups is 1. The number of nitrogens with zero attached hydrogens (tertiary/aromatic N) is 1. The van der Waals surface area contributed by atoms with Gasteiger partial charge in [-0.1, -0.05) is 198 Å². The minimum atomic E-state index is -4.59. The highest BCUT2D eigenvalue weighted by Gasteiger charge is 2.23. The van der Waals surface area contributed by atoms with Gasteiger partial charge in [0.1, 0.15) is 13.2 Å². The molecule has 9 heteroatoms. The molecular weight excluding hydrogens is 744 g/mol. The molecule has 0 aliphatic rings. The predicted molar refractivity (Wildman–Crippen MR) is 247 cm³/mol. The van der Waals surface area contributed by atoms with E-state index in [2.05, 4.69) is 43.5 Å². The van der Waals surface area contributed by atoms with Crippen molar-refractivity contribution in [3.8, 4) is 0 Å². The monoisotopic (exact) mass is 839 g/mol. The second-order valence-electron chi connectivity index (χ2n) is 17.8. The van der Waals surface area contributed by atoms with E-state index in [0.29, 0.717) is 17.4 Å². The molecule has 0 bridgehead atoms. The van der Waals surface area contributed by atoms with Gasteiger partial charge < -0.3 is 28.8 Å². The number of phosphoric ester groups is 1. The Hall–Kier alpha value is -1.28. The fraction of sp³-hybridized carbons (Fsp3) is 0.857. The quantitative estimate of drug-likeness (QED) is 0.0274. The number of nitrogens with one attached hydrogen (secondary N) is 1. The van der Waals surface area contributed by atoms with E-state index in [-0.39, 0.29) is 19.1 Å². The molecule has 0 heterocycles.